The predicted molar refractivity (Wildman–Crippen MR) is 128 cm³/mol. The average molecular weight is 436 g/mol. The Hall–Kier alpha value is -2.69. The molecule has 170 valence electrons. The van der Waals surface area contributed by atoms with E-state index < -0.39 is 0 Å². The Morgan fingerprint density at radius 2 is 1.56 bits per heavy atom. The summed E-state index contributed by atoms with van der Waals surface area (Å²) >= 11 is 0. The Labute approximate surface area is 191 Å². The number of ether oxygens (including phenoxy) is 2. The number of nitrogens with zero attached hydrogens (tertiary/aromatic N) is 1. The first kappa shape index (κ1) is 24.0. The van der Waals surface area contributed by atoms with Crippen molar-refractivity contribution < 1.29 is 13.9 Å². The molecule has 32 heavy (non-hydrogen) atoms. The lowest BCUT2D eigenvalue weighted by atomic mass is 9.75. The highest BCUT2D eigenvalue weighted by atomic mass is 19.1. The average Bonchev–Trinajstić information content (AvgIpc) is 2.83. The minimum absolute atomic E-state index is 0.157. The van der Waals surface area contributed by atoms with Gasteiger partial charge in [-0.05, 0) is 61.3 Å². The highest BCUT2D eigenvalue weighted by molar-refractivity contribution is 5.28. The summed E-state index contributed by atoms with van der Waals surface area (Å²) in [6, 6.07) is 25.4. The van der Waals surface area contributed by atoms with E-state index in [0.717, 1.165) is 42.8 Å². The summed E-state index contributed by atoms with van der Waals surface area (Å²) in [4.78, 5) is 2.28. The second-order valence-corrected chi connectivity index (χ2v) is 8.43. The molecule has 1 unspecified atom stereocenters. The van der Waals surface area contributed by atoms with E-state index in [4.69, 9.17) is 9.47 Å². The molecule has 0 amide bonds. The van der Waals surface area contributed by atoms with Crippen LogP contribution in [0.3, 0.4) is 0 Å². The normalized spacial score (nSPS) is 13.2. The largest absolute Gasteiger partial charge is 0.497 e. The SMILES string of the molecule is CCC(CCN(C)Cc1ccc(OC)cc1)(COCc1ccccc1)c1ccccc1F. The van der Waals surface area contributed by atoms with Crippen LogP contribution in [0.15, 0.2) is 78.9 Å². The Balaban J connectivity index is 1.70. The van der Waals surface area contributed by atoms with Crippen molar-refractivity contribution in [3.05, 3.63) is 101 Å². The van der Waals surface area contributed by atoms with Gasteiger partial charge in [0.25, 0.3) is 0 Å². The van der Waals surface area contributed by atoms with Crippen LogP contribution >= 0.6 is 0 Å². The maximum Gasteiger partial charge on any atom is 0.127 e. The molecule has 0 saturated carbocycles. The van der Waals surface area contributed by atoms with Crippen molar-refractivity contribution in [3.63, 3.8) is 0 Å². The molecule has 0 saturated heterocycles. The van der Waals surface area contributed by atoms with Gasteiger partial charge in [-0.25, -0.2) is 4.39 Å². The van der Waals surface area contributed by atoms with Crippen molar-refractivity contribution in [3.8, 4) is 5.75 Å². The maximum atomic E-state index is 14.9. The molecular formula is C28H34FNO2. The zero-order valence-electron chi connectivity index (χ0n) is 19.4. The van der Waals surface area contributed by atoms with E-state index >= 15 is 0 Å². The molecule has 0 aliphatic heterocycles. The minimum atomic E-state index is -0.381. The number of hydrogen-bond acceptors (Lipinski definition) is 3. The van der Waals surface area contributed by atoms with Crippen molar-refractivity contribution >= 4 is 0 Å². The summed E-state index contributed by atoms with van der Waals surface area (Å²) < 4.78 is 26.3. The van der Waals surface area contributed by atoms with Gasteiger partial charge >= 0.3 is 0 Å². The fraction of sp³-hybridized carbons (Fsp3) is 0.357. The molecule has 0 heterocycles. The fourth-order valence-electron chi connectivity index (χ4n) is 4.11. The van der Waals surface area contributed by atoms with Crippen LogP contribution in [-0.4, -0.2) is 32.2 Å². The van der Waals surface area contributed by atoms with Crippen molar-refractivity contribution in [2.24, 2.45) is 0 Å². The highest BCUT2D eigenvalue weighted by Gasteiger charge is 2.33. The quantitative estimate of drug-likeness (QED) is 0.337. The summed E-state index contributed by atoms with van der Waals surface area (Å²) in [5.74, 6) is 0.701. The van der Waals surface area contributed by atoms with E-state index in [1.165, 1.54) is 5.56 Å². The van der Waals surface area contributed by atoms with Crippen molar-refractivity contribution in [1.29, 1.82) is 0 Å². The van der Waals surface area contributed by atoms with Crippen molar-refractivity contribution in [2.45, 2.75) is 38.3 Å². The molecule has 3 aromatic carbocycles. The lowest BCUT2D eigenvalue weighted by Gasteiger charge is -2.35. The third kappa shape index (κ3) is 6.41. The molecule has 0 spiro atoms. The van der Waals surface area contributed by atoms with E-state index in [0.29, 0.717) is 13.2 Å². The standard InChI is InChI=1S/C28H34FNO2/c1-4-28(26-12-8-9-13-27(26)29,22-32-21-24-10-6-5-7-11-24)18-19-30(2)20-23-14-16-25(31-3)17-15-23/h5-17H,4,18-22H2,1-3H3. The fourth-order valence-corrected chi connectivity index (χ4v) is 4.11. The molecule has 0 fully saturated rings. The zero-order chi connectivity index (χ0) is 22.8. The predicted octanol–water partition coefficient (Wildman–Crippen LogP) is 6.22. The maximum absolute atomic E-state index is 14.9. The van der Waals surface area contributed by atoms with Crippen LogP contribution < -0.4 is 4.74 Å². The van der Waals surface area contributed by atoms with Crippen LogP contribution in [-0.2, 0) is 23.3 Å². The van der Waals surface area contributed by atoms with E-state index in [1.807, 2.05) is 42.5 Å². The number of rotatable bonds is 12. The van der Waals surface area contributed by atoms with Crippen LogP contribution in [0.5, 0.6) is 5.75 Å². The Morgan fingerprint density at radius 1 is 0.875 bits per heavy atom. The molecule has 0 aliphatic carbocycles. The smallest absolute Gasteiger partial charge is 0.127 e. The van der Waals surface area contributed by atoms with Gasteiger partial charge in [0.2, 0.25) is 0 Å². The van der Waals surface area contributed by atoms with Crippen LogP contribution in [0.2, 0.25) is 0 Å². The number of hydrogen-bond donors (Lipinski definition) is 0. The molecule has 3 aromatic rings. The second kappa shape index (κ2) is 11.8. The second-order valence-electron chi connectivity index (χ2n) is 8.43. The van der Waals surface area contributed by atoms with Crippen LogP contribution in [0, 0.1) is 5.82 Å². The third-order valence-corrected chi connectivity index (χ3v) is 6.20. The topological polar surface area (TPSA) is 21.7 Å². The Bertz CT molecular complexity index is 945. The third-order valence-electron chi connectivity index (χ3n) is 6.20. The molecule has 0 bridgehead atoms. The van der Waals surface area contributed by atoms with Crippen LogP contribution in [0.25, 0.3) is 0 Å². The Morgan fingerprint density at radius 3 is 2.22 bits per heavy atom. The van der Waals surface area contributed by atoms with E-state index in [9.17, 15) is 4.39 Å². The molecule has 0 aromatic heterocycles. The zero-order valence-corrected chi connectivity index (χ0v) is 19.4. The summed E-state index contributed by atoms with van der Waals surface area (Å²) in [7, 11) is 3.78. The lowest BCUT2D eigenvalue weighted by molar-refractivity contribution is 0.0585. The van der Waals surface area contributed by atoms with Gasteiger partial charge in [-0.1, -0.05) is 67.6 Å². The van der Waals surface area contributed by atoms with Gasteiger partial charge in [0.15, 0.2) is 0 Å². The number of methoxy groups -OCH3 is 1. The van der Waals surface area contributed by atoms with Crippen molar-refractivity contribution in [2.75, 3.05) is 27.3 Å². The molecule has 0 aliphatic rings. The molecule has 4 heteroatoms. The van der Waals surface area contributed by atoms with Gasteiger partial charge in [-0.3, -0.25) is 0 Å². The van der Waals surface area contributed by atoms with Gasteiger partial charge in [0, 0.05) is 12.0 Å². The van der Waals surface area contributed by atoms with Gasteiger partial charge in [0.1, 0.15) is 11.6 Å². The van der Waals surface area contributed by atoms with E-state index in [1.54, 1.807) is 19.2 Å². The van der Waals surface area contributed by atoms with E-state index in [2.05, 4.69) is 43.1 Å². The summed E-state index contributed by atoms with van der Waals surface area (Å²) in [6.45, 7) is 4.80. The summed E-state index contributed by atoms with van der Waals surface area (Å²) in [5, 5.41) is 0. The molecule has 0 N–H and O–H groups in total. The van der Waals surface area contributed by atoms with Gasteiger partial charge in [-0.15, -0.1) is 0 Å². The molecule has 0 radical (unpaired) electrons. The van der Waals surface area contributed by atoms with Gasteiger partial charge in [-0.2, -0.15) is 0 Å². The minimum Gasteiger partial charge on any atom is -0.497 e. The first-order valence-electron chi connectivity index (χ1n) is 11.2. The molecule has 1 atom stereocenters. The monoisotopic (exact) mass is 435 g/mol. The van der Waals surface area contributed by atoms with Crippen LogP contribution in [0.1, 0.15) is 36.5 Å². The first-order valence-corrected chi connectivity index (χ1v) is 11.2. The van der Waals surface area contributed by atoms with Crippen LogP contribution in [0.4, 0.5) is 4.39 Å². The van der Waals surface area contributed by atoms with Gasteiger partial charge < -0.3 is 14.4 Å². The summed E-state index contributed by atoms with van der Waals surface area (Å²) in [6.07, 6.45) is 1.62. The van der Waals surface area contributed by atoms with Gasteiger partial charge in [0.05, 0.1) is 20.3 Å². The first-order chi connectivity index (χ1) is 15.6. The molecular weight excluding hydrogens is 401 g/mol. The lowest BCUT2D eigenvalue weighted by Crippen LogP contribution is -2.36. The summed E-state index contributed by atoms with van der Waals surface area (Å²) in [5.41, 5.74) is 2.71. The molecule has 3 rings (SSSR count). The number of benzene rings is 3. The molecule has 3 nitrogen and oxygen atoms in total. The van der Waals surface area contributed by atoms with Crippen molar-refractivity contribution in [1.82, 2.24) is 4.90 Å². The highest BCUT2D eigenvalue weighted by Crippen LogP contribution is 2.34. The van der Waals surface area contributed by atoms with E-state index in [-0.39, 0.29) is 11.2 Å². The Kier molecular flexibility index (Phi) is 8.83. The number of halogens is 1.